The molecule has 0 aliphatic heterocycles. The van der Waals surface area contributed by atoms with E-state index in [2.05, 4.69) is 0 Å². The standard InChI is InChI=1S/C12H13ClO/c1-3-4-5-12(14-2)10-6-8-11(13)9-7-10/h3-9H,1-2H3/b4-3+,12-5-. The van der Waals surface area contributed by atoms with Crippen molar-refractivity contribution in [2.45, 2.75) is 6.92 Å². The van der Waals surface area contributed by atoms with Crippen molar-refractivity contribution in [3.8, 4) is 0 Å². The number of hydrogen-bond donors (Lipinski definition) is 0. The Morgan fingerprint density at radius 2 is 1.93 bits per heavy atom. The molecular weight excluding hydrogens is 196 g/mol. The van der Waals surface area contributed by atoms with Gasteiger partial charge in [-0.3, -0.25) is 0 Å². The molecule has 0 spiro atoms. The van der Waals surface area contributed by atoms with E-state index in [-0.39, 0.29) is 0 Å². The first-order chi connectivity index (χ1) is 6.77. The third kappa shape index (κ3) is 2.93. The zero-order valence-electron chi connectivity index (χ0n) is 8.33. The van der Waals surface area contributed by atoms with Crippen molar-refractivity contribution in [3.63, 3.8) is 0 Å². The molecule has 0 aliphatic carbocycles. The summed E-state index contributed by atoms with van der Waals surface area (Å²) in [6.45, 7) is 1.96. The van der Waals surface area contributed by atoms with Gasteiger partial charge in [0.2, 0.25) is 0 Å². The molecule has 1 aromatic rings. The lowest BCUT2D eigenvalue weighted by Crippen LogP contribution is -1.85. The van der Waals surface area contributed by atoms with Gasteiger partial charge in [0.1, 0.15) is 5.76 Å². The van der Waals surface area contributed by atoms with Gasteiger partial charge in [-0.15, -0.1) is 0 Å². The fraction of sp³-hybridized carbons (Fsp3) is 0.167. The van der Waals surface area contributed by atoms with Gasteiger partial charge in [0.05, 0.1) is 7.11 Å². The first-order valence-electron chi connectivity index (χ1n) is 4.41. The fourth-order valence-electron chi connectivity index (χ4n) is 1.08. The van der Waals surface area contributed by atoms with Gasteiger partial charge in [-0.1, -0.05) is 23.8 Å². The van der Waals surface area contributed by atoms with E-state index in [1.54, 1.807) is 7.11 Å². The Bertz CT molecular complexity index is 336. The minimum atomic E-state index is 0.732. The Morgan fingerprint density at radius 1 is 1.29 bits per heavy atom. The maximum atomic E-state index is 5.79. The Hall–Kier alpha value is -1.21. The number of ether oxygens (including phenoxy) is 1. The molecule has 1 rings (SSSR count). The third-order valence-corrected chi connectivity index (χ3v) is 2.04. The Kier molecular flexibility index (Phi) is 4.27. The highest BCUT2D eigenvalue weighted by atomic mass is 35.5. The van der Waals surface area contributed by atoms with Crippen molar-refractivity contribution < 1.29 is 4.74 Å². The van der Waals surface area contributed by atoms with Gasteiger partial charge in [-0.25, -0.2) is 0 Å². The van der Waals surface area contributed by atoms with Gasteiger partial charge >= 0.3 is 0 Å². The Morgan fingerprint density at radius 3 is 2.43 bits per heavy atom. The van der Waals surface area contributed by atoms with Crippen LogP contribution in [0.3, 0.4) is 0 Å². The van der Waals surface area contributed by atoms with Crippen LogP contribution in [-0.2, 0) is 4.74 Å². The van der Waals surface area contributed by atoms with E-state index in [1.165, 1.54) is 0 Å². The normalized spacial score (nSPS) is 12.1. The number of allylic oxidation sites excluding steroid dienone is 3. The SMILES string of the molecule is C/C=C/C=C(\OC)c1ccc(Cl)cc1. The van der Waals surface area contributed by atoms with Gasteiger partial charge in [-0.05, 0) is 37.3 Å². The van der Waals surface area contributed by atoms with E-state index < -0.39 is 0 Å². The van der Waals surface area contributed by atoms with E-state index in [0.717, 1.165) is 16.3 Å². The molecule has 2 heteroatoms. The summed E-state index contributed by atoms with van der Waals surface area (Å²) >= 11 is 5.79. The second-order valence-electron chi connectivity index (χ2n) is 2.77. The minimum absolute atomic E-state index is 0.732. The molecule has 0 radical (unpaired) electrons. The summed E-state index contributed by atoms with van der Waals surface area (Å²) in [7, 11) is 1.66. The molecule has 0 atom stereocenters. The molecule has 1 nitrogen and oxygen atoms in total. The van der Waals surface area contributed by atoms with E-state index in [4.69, 9.17) is 16.3 Å². The summed E-state index contributed by atoms with van der Waals surface area (Å²) in [6, 6.07) is 7.56. The predicted octanol–water partition coefficient (Wildman–Crippen LogP) is 3.90. The molecule has 0 aliphatic rings. The third-order valence-electron chi connectivity index (χ3n) is 1.79. The van der Waals surface area contributed by atoms with E-state index in [9.17, 15) is 0 Å². The van der Waals surface area contributed by atoms with Crippen molar-refractivity contribution in [1.82, 2.24) is 0 Å². The summed E-state index contributed by atoms with van der Waals surface area (Å²) in [5.41, 5.74) is 1.02. The first-order valence-corrected chi connectivity index (χ1v) is 4.78. The van der Waals surface area contributed by atoms with Gasteiger partial charge in [0.25, 0.3) is 0 Å². The molecule has 0 saturated heterocycles. The van der Waals surface area contributed by atoms with E-state index >= 15 is 0 Å². The van der Waals surface area contributed by atoms with Gasteiger partial charge in [0.15, 0.2) is 0 Å². The molecule has 0 fully saturated rings. The second-order valence-corrected chi connectivity index (χ2v) is 3.20. The number of methoxy groups -OCH3 is 1. The summed E-state index contributed by atoms with van der Waals surface area (Å²) in [5, 5.41) is 0.732. The first kappa shape index (κ1) is 10.9. The maximum absolute atomic E-state index is 5.79. The number of rotatable bonds is 3. The average Bonchev–Trinajstić information content (AvgIpc) is 2.21. The van der Waals surface area contributed by atoms with Gasteiger partial charge < -0.3 is 4.74 Å². The Labute approximate surface area is 89.7 Å². The van der Waals surface area contributed by atoms with Crippen LogP contribution in [0, 0.1) is 0 Å². The molecule has 0 N–H and O–H groups in total. The molecule has 0 unspecified atom stereocenters. The number of hydrogen-bond acceptors (Lipinski definition) is 1. The molecule has 1 aromatic carbocycles. The lowest BCUT2D eigenvalue weighted by molar-refractivity contribution is 0.370. The molecule has 0 aromatic heterocycles. The monoisotopic (exact) mass is 208 g/mol. The molecule has 0 heterocycles. The number of benzene rings is 1. The van der Waals surface area contributed by atoms with Crippen LogP contribution in [0.2, 0.25) is 5.02 Å². The summed E-state index contributed by atoms with van der Waals surface area (Å²) in [6.07, 6.45) is 5.81. The molecule has 0 amide bonds. The molecule has 0 saturated carbocycles. The summed E-state index contributed by atoms with van der Waals surface area (Å²) in [4.78, 5) is 0. The van der Waals surface area contributed by atoms with Crippen molar-refractivity contribution >= 4 is 17.4 Å². The molecule has 0 bridgehead atoms. The smallest absolute Gasteiger partial charge is 0.126 e. The number of halogens is 1. The summed E-state index contributed by atoms with van der Waals surface area (Å²) in [5.74, 6) is 0.833. The molecule has 14 heavy (non-hydrogen) atoms. The highest BCUT2D eigenvalue weighted by Crippen LogP contribution is 2.17. The predicted molar refractivity (Wildman–Crippen MR) is 61.3 cm³/mol. The van der Waals surface area contributed by atoms with E-state index in [0.29, 0.717) is 0 Å². The quantitative estimate of drug-likeness (QED) is 0.541. The largest absolute Gasteiger partial charge is 0.496 e. The zero-order valence-corrected chi connectivity index (χ0v) is 9.08. The van der Waals surface area contributed by atoms with Gasteiger partial charge in [-0.2, -0.15) is 0 Å². The van der Waals surface area contributed by atoms with Crippen LogP contribution >= 0.6 is 11.6 Å². The van der Waals surface area contributed by atoms with Crippen LogP contribution in [-0.4, -0.2) is 7.11 Å². The highest BCUT2D eigenvalue weighted by molar-refractivity contribution is 6.30. The van der Waals surface area contributed by atoms with Crippen molar-refractivity contribution in [2.24, 2.45) is 0 Å². The summed E-state index contributed by atoms with van der Waals surface area (Å²) < 4.78 is 5.25. The van der Waals surface area contributed by atoms with Crippen molar-refractivity contribution in [1.29, 1.82) is 0 Å². The van der Waals surface area contributed by atoms with E-state index in [1.807, 2.05) is 49.4 Å². The van der Waals surface area contributed by atoms with Crippen molar-refractivity contribution in [3.05, 3.63) is 53.1 Å². The van der Waals surface area contributed by atoms with Gasteiger partial charge in [0, 0.05) is 10.6 Å². The second kappa shape index (κ2) is 5.51. The highest BCUT2D eigenvalue weighted by Gasteiger charge is 1.98. The maximum Gasteiger partial charge on any atom is 0.126 e. The van der Waals surface area contributed by atoms with Crippen LogP contribution in [0.15, 0.2) is 42.5 Å². The van der Waals surface area contributed by atoms with Crippen LogP contribution < -0.4 is 0 Å². The van der Waals surface area contributed by atoms with Crippen LogP contribution in [0.25, 0.3) is 5.76 Å². The van der Waals surface area contributed by atoms with Crippen molar-refractivity contribution in [2.75, 3.05) is 7.11 Å². The molecule has 74 valence electrons. The molecular formula is C12H13ClO. The average molecular weight is 209 g/mol. The lowest BCUT2D eigenvalue weighted by Gasteiger charge is -2.04. The minimum Gasteiger partial charge on any atom is -0.496 e. The topological polar surface area (TPSA) is 9.23 Å². The lowest BCUT2D eigenvalue weighted by atomic mass is 10.2. The van der Waals surface area contributed by atoms with Crippen LogP contribution in [0.1, 0.15) is 12.5 Å². The fourth-order valence-corrected chi connectivity index (χ4v) is 1.21. The van der Waals surface area contributed by atoms with Crippen LogP contribution in [0.5, 0.6) is 0 Å². The zero-order chi connectivity index (χ0) is 10.4. The Balaban J connectivity index is 2.95. The van der Waals surface area contributed by atoms with Crippen LogP contribution in [0.4, 0.5) is 0 Å².